The maximum atomic E-state index is 12.6. The highest BCUT2D eigenvalue weighted by molar-refractivity contribution is 6.32. The van der Waals surface area contributed by atoms with Gasteiger partial charge in [0.2, 0.25) is 0 Å². The zero-order valence-corrected chi connectivity index (χ0v) is 17.5. The Morgan fingerprint density at radius 1 is 1.10 bits per heavy atom. The molecule has 30 heavy (non-hydrogen) atoms. The Balaban J connectivity index is 1.49. The number of rotatable bonds is 5. The van der Waals surface area contributed by atoms with Gasteiger partial charge in [-0.1, -0.05) is 24.6 Å². The number of hydrogen-bond acceptors (Lipinski definition) is 5. The molecule has 2 heterocycles. The minimum Gasteiger partial charge on any atom is -0.465 e. The highest BCUT2D eigenvalue weighted by Gasteiger charge is 2.27. The Bertz CT molecular complexity index is 989. The van der Waals surface area contributed by atoms with Crippen LogP contribution < -0.4 is 10.6 Å². The van der Waals surface area contributed by atoms with Crippen LogP contribution in [0.25, 0.3) is 5.57 Å². The van der Waals surface area contributed by atoms with Crippen LogP contribution in [0.15, 0.2) is 48.2 Å². The summed E-state index contributed by atoms with van der Waals surface area (Å²) in [5, 5.41) is 6.19. The van der Waals surface area contributed by atoms with Gasteiger partial charge in [-0.15, -0.1) is 0 Å². The molecule has 0 saturated carbocycles. The van der Waals surface area contributed by atoms with Crippen molar-refractivity contribution in [2.75, 3.05) is 30.8 Å². The van der Waals surface area contributed by atoms with Gasteiger partial charge in [-0.05, 0) is 62.7 Å². The van der Waals surface area contributed by atoms with E-state index in [0.717, 1.165) is 23.5 Å². The van der Waals surface area contributed by atoms with Crippen LogP contribution in [-0.2, 0) is 16.1 Å². The molecule has 4 rings (SSSR count). The zero-order chi connectivity index (χ0) is 21.1. The second kappa shape index (κ2) is 8.71. The molecule has 156 valence electrons. The Labute approximate surface area is 176 Å². The van der Waals surface area contributed by atoms with Crippen LogP contribution in [0.5, 0.6) is 0 Å². The first-order valence-corrected chi connectivity index (χ1v) is 10.4. The SMILES string of the molecule is COC(=O)c1ccc2c(c1)NC(=O)/C2=C(/C)Nc1ccc(CN2CCCCC2)cc1. The molecule has 1 fully saturated rings. The number of piperidine rings is 1. The Morgan fingerprint density at radius 2 is 1.83 bits per heavy atom. The predicted molar refractivity (Wildman–Crippen MR) is 118 cm³/mol. The molecule has 0 aromatic heterocycles. The van der Waals surface area contributed by atoms with Crippen LogP contribution in [0, 0.1) is 0 Å². The quantitative estimate of drug-likeness (QED) is 0.575. The molecule has 0 spiro atoms. The molecule has 0 radical (unpaired) electrons. The van der Waals surface area contributed by atoms with Crippen LogP contribution in [0.3, 0.4) is 0 Å². The summed E-state index contributed by atoms with van der Waals surface area (Å²) in [6.07, 6.45) is 3.92. The van der Waals surface area contributed by atoms with Crippen LogP contribution in [0.1, 0.15) is 47.7 Å². The monoisotopic (exact) mass is 405 g/mol. The molecule has 0 aliphatic carbocycles. The molecule has 2 N–H and O–H groups in total. The van der Waals surface area contributed by atoms with E-state index in [0.29, 0.717) is 16.8 Å². The number of carbonyl (C=O) groups excluding carboxylic acids is 2. The van der Waals surface area contributed by atoms with Crippen molar-refractivity contribution in [3.63, 3.8) is 0 Å². The van der Waals surface area contributed by atoms with E-state index in [4.69, 9.17) is 4.74 Å². The van der Waals surface area contributed by atoms with Crippen LogP contribution >= 0.6 is 0 Å². The van der Waals surface area contributed by atoms with Crippen molar-refractivity contribution in [2.45, 2.75) is 32.7 Å². The fraction of sp³-hybridized carbons (Fsp3) is 0.333. The number of anilines is 2. The van der Waals surface area contributed by atoms with Crippen LogP contribution in [-0.4, -0.2) is 37.0 Å². The number of hydrogen-bond donors (Lipinski definition) is 2. The first-order chi connectivity index (χ1) is 14.5. The Kier molecular flexibility index (Phi) is 5.86. The smallest absolute Gasteiger partial charge is 0.337 e. The van der Waals surface area contributed by atoms with Gasteiger partial charge in [0.15, 0.2) is 0 Å². The lowest BCUT2D eigenvalue weighted by molar-refractivity contribution is -0.110. The fourth-order valence-corrected chi connectivity index (χ4v) is 4.14. The zero-order valence-electron chi connectivity index (χ0n) is 17.5. The van der Waals surface area contributed by atoms with Crippen molar-refractivity contribution in [3.8, 4) is 0 Å². The van der Waals surface area contributed by atoms with Gasteiger partial charge in [-0.2, -0.15) is 0 Å². The molecule has 0 atom stereocenters. The van der Waals surface area contributed by atoms with E-state index < -0.39 is 5.97 Å². The molecule has 0 bridgehead atoms. The average molecular weight is 405 g/mol. The highest BCUT2D eigenvalue weighted by atomic mass is 16.5. The molecule has 1 saturated heterocycles. The summed E-state index contributed by atoms with van der Waals surface area (Å²) in [6.45, 7) is 5.23. The van der Waals surface area contributed by atoms with Gasteiger partial charge in [0.05, 0.1) is 23.9 Å². The lowest BCUT2D eigenvalue weighted by Crippen LogP contribution is -2.29. The number of benzene rings is 2. The summed E-state index contributed by atoms with van der Waals surface area (Å²) in [5.41, 5.74) is 5.39. The van der Waals surface area contributed by atoms with E-state index in [1.807, 2.05) is 6.92 Å². The number of allylic oxidation sites excluding steroid dienone is 1. The van der Waals surface area contributed by atoms with Crippen molar-refractivity contribution < 1.29 is 14.3 Å². The van der Waals surface area contributed by atoms with E-state index in [-0.39, 0.29) is 5.91 Å². The van der Waals surface area contributed by atoms with Crippen molar-refractivity contribution in [1.82, 2.24) is 4.90 Å². The standard InChI is InChI=1S/C24H27N3O3/c1-16(22-20-11-8-18(24(29)30-2)14-21(20)26-23(22)28)25-19-9-6-17(7-10-19)15-27-12-4-3-5-13-27/h6-11,14,25H,3-5,12-13,15H2,1-2H3,(H,26,28)/b22-16-. The predicted octanol–water partition coefficient (Wildman–Crippen LogP) is 4.25. The fourth-order valence-electron chi connectivity index (χ4n) is 4.14. The summed E-state index contributed by atoms with van der Waals surface area (Å²) < 4.78 is 4.75. The lowest BCUT2D eigenvalue weighted by Gasteiger charge is -2.26. The number of nitrogens with zero attached hydrogens (tertiary/aromatic N) is 1. The minimum atomic E-state index is -0.427. The highest BCUT2D eigenvalue weighted by Crippen LogP contribution is 2.35. The number of nitrogens with one attached hydrogen (secondary N) is 2. The maximum absolute atomic E-state index is 12.6. The second-order valence-corrected chi connectivity index (χ2v) is 7.86. The topological polar surface area (TPSA) is 70.7 Å². The molecule has 2 aliphatic rings. The van der Waals surface area contributed by atoms with Crippen LogP contribution in [0.2, 0.25) is 0 Å². The molecule has 6 nitrogen and oxygen atoms in total. The van der Waals surface area contributed by atoms with Gasteiger partial charge in [-0.25, -0.2) is 4.79 Å². The number of methoxy groups -OCH3 is 1. The van der Waals surface area contributed by atoms with Gasteiger partial charge in [0.1, 0.15) is 0 Å². The first-order valence-electron chi connectivity index (χ1n) is 10.4. The summed E-state index contributed by atoms with van der Waals surface area (Å²) in [5.74, 6) is -0.609. The van der Waals surface area contributed by atoms with E-state index >= 15 is 0 Å². The van der Waals surface area contributed by atoms with E-state index in [1.54, 1.807) is 18.2 Å². The summed E-state index contributed by atoms with van der Waals surface area (Å²) in [7, 11) is 1.34. The third-order valence-electron chi connectivity index (χ3n) is 5.70. The van der Waals surface area contributed by atoms with Crippen molar-refractivity contribution in [2.24, 2.45) is 0 Å². The third kappa shape index (κ3) is 4.24. The number of ether oxygens (including phenoxy) is 1. The molecule has 2 aliphatic heterocycles. The van der Waals surface area contributed by atoms with Gasteiger partial charge >= 0.3 is 5.97 Å². The van der Waals surface area contributed by atoms with E-state index in [2.05, 4.69) is 39.8 Å². The lowest BCUT2D eigenvalue weighted by atomic mass is 10.0. The molecular weight excluding hydrogens is 378 g/mol. The Morgan fingerprint density at radius 3 is 2.53 bits per heavy atom. The van der Waals surface area contributed by atoms with Crippen LogP contribution in [0.4, 0.5) is 11.4 Å². The van der Waals surface area contributed by atoms with Crippen molar-refractivity contribution >= 4 is 28.8 Å². The molecule has 0 unspecified atom stereocenters. The second-order valence-electron chi connectivity index (χ2n) is 7.86. The minimum absolute atomic E-state index is 0.182. The number of amides is 1. The first kappa shape index (κ1) is 20.2. The van der Waals surface area contributed by atoms with Gasteiger partial charge < -0.3 is 15.4 Å². The van der Waals surface area contributed by atoms with Gasteiger partial charge in [0.25, 0.3) is 5.91 Å². The molecular formula is C24H27N3O3. The summed E-state index contributed by atoms with van der Waals surface area (Å²) in [6, 6.07) is 13.5. The van der Waals surface area contributed by atoms with Crippen molar-refractivity contribution in [1.29, 1.82) is 0 Å². The number of fused-ring (bicyclic) bond motifs is 1. The molecule has 2 aromatic rings. The number of esters is 1. The van der Waals surface area contributed by atoms with Gasteiger partial charge in [-0.3, -0.25) is 9.69 Å². The molecule has 1 amide bonds. The van der Waals surface area contributed by atoms with E-state index in [9.17, 15) is 9.59 Å². The summed E-state index contributed by atoms with van der Waals surface area (Å²) in [4.78, 5) is 26.8. The Hall–Kier alpha value is -3.12. The summed E-state index contributed by atoms with van der Waals surface area (Å²) >= 11 is 0. The average Bonchev–Trinajstić information content (AvgIpc) is 3.10. The van der Waals surface area contributed by atoms with E-state index in [1.165, 1.54) is 45.0 Å². The largest absolute Gasteiger partial charge is 0.465 e. The van der Waals surface area contributed by atoms with Gasteiger partial charge in [0, 0.05) is 23.5 Å². The van der Waals surface area contributed by atoms with Crippen molar-refractivity contribution in [3.05, 3.63) is 64.9 Å². The molecule has 6 heteroatoms. The number of likely N-dealkylation sites (tertiary alicyclic amines) is 1. The molecule has 2 aromatic carbocycles. The normalized spacial score (nSPS) is 17.9. The number of carbonyl (C=O) groups is 2. The third-order valence-corrected chi connectivity index (χ3v) is 5.70. The maximum Gasteiger partial charge on any atom is 0.337 e.